The Labute approximate surface area is 75.5 Å². The van der Waals surface area contributed by atoms with Crippen LogP contribution in [-0.2, 0) is 7.05 Å². The Bertz CT molecular complexity index is 431. The molecule has 12 heavy (non-hydrogen) atoms. The maximum Gasteiger partial charge on any atom is 0.0656 e. The maximum atomic E-state index is 5.88. The summed E-state index contributed by atoms with van der Waals surface area (Å²) in [6, 6.07) is 5.78. The molecular formula is C9H9ClN2. The van der Waals surface area contributed by atoms with Gasteiger partial charge in [0, 0.05) is 24.1 Å². The number of halogens is 1. The normalized spacial score (nSPS) is 10.8. The lowest BCUT2D eigenvalue weighted by Crippen LogP contribution is -1.88. The van der Waals surface area contributed by atoms with E-state index in [9.17, 15) is 0 Å². The summed E-state index contributed by atoms with van der Waals surface area (Å²) in [5.41, 5.74) is 7.39. The maximum absolute atomic E-state index is 5.88. The second-order valence-corrected chi connectivity index (χ2v) is 3.27. The summed E-state index contributed by atoms with van der Waals surface area (Å²) in [4.78, 5) is 0. The van der Waals surface area contributed by atoms with Gasteiger partial charge in [-0.2, -0.15) is 0 Å². The molecule has 0 aliphatic heterocycles. The summed E-state index contributed by atoms with van der Waals surface area (Å²) in [6.07, 6.45) is 1.99. The molecule has 0 radical (unpaired) electrons. The first-order valence-electron chi connectivity index (χ1n) is 3.68. The number of aromatic nitrogens is 1. The molecule has 2 rings (SSSR count). The molecule has 0 atom stereocenters. The molecule has 0 spiro atoms. The number of hydrogen-bond acceptors (Lipinski definition) is 1. The van der Waals surface area contributed by atoms with Crippen molar-refractivity contribution in [1.82, 2.24) is 4.57 Å². The third-order valence-electron chi connectivity index (χ3n) is 2.00. The molecule has 0 unspecified atom stereocenters. The van der Waals surface area contributed by atoms with Crippen molar-refractivity contribution in [3.05, 3.63) is 29.4 Å². The van der Waals surface area contributed by atoms with E-state index in [0.717, 1.165) is 10.9 Å². The molecule has 0 bridgehead atoms. The number of hydrogen-bond donors (Lipinski definition) is 1. The van der Waals surface area contributed by atoms with Crippen LogP contribution in [0.15, 0.2) is 24.4 Å². The number of aryl methyl sites for hydroxylation is 1. The van der Waals surface area contributed by atoms with Crippen LogP contribution in [0.25, 0.3) is 10.9 Å². The Morgan fingerprint density at radius 3 is 2.92 bits per heavy atom. The Morgan fingerprint density at radius 1 is 1.42 bits per heavy atom. The number of rotatable bonds is 0. The van der Waals surface area contributed by atoms with Crippen LogP contribution in [0.2, 0.25) is 5.02 Å². The number of nitrogen functional groups attached to an aromatic ring is 1. The molecule has 2 N–H and O–H groups in total. The summed E-state index contributed by atoms with van der Waals surface area (Å²) >= 11 is 5.88. The molecular weight excluding hydrogens is 172 g/mol. The van der Waals surface area contributed by atoms with Crippen LogP contribution in [-0.4, -0.2) is 4.57 Å². The molecule has 2 aromatic rings. The molecule has 0 saturated heterocycles. The van der Waals surface area contributed by atoms with Gasteiger partial charge in [-0.3, -0.25) is 0 Å². The summed E-state index contributed by atoms with van der Waals surface area (Å²) in [5.74, 6) is 0. The summed E-state index contributed by atoms with van der Waals surface area (Å²) < 4.78 is 2.01. The minimum atomic E-state index is 0.615. The van der Waals surface area contributed by atoms with Gasteiger partial charge in [0.2, 0.25) is 0 Å². The summed E-state index contributed by atoms with van der Waals surface area (Å²) in [6.45, 7) is 0. The molecule has 0 amide bonds. The van der Waals surface area contributed by atoms with Crippen LogP contribution in [0.3, 0.4) is 0 Å². The molecule has 0 aliphatic rings. The van der Waals surface area contributed by atoms with E-state index < -0.39 is 0 Å². The number of fused-ring (bicyclic) bond motifs is 1. The van der Waals surface area contributed by atoms with Crippen LogP contribution in [0.1, 0.15) is 0 Å². The van der Waals surface area contributed by atoms with Gasteiger partial charge < -0.3 is 10.3 Å². The van der Waals surface area contributed by atoms with Gasteiger partial charge in [-0.25, -0.2) is 0 Å². The molecule has 1 heterocycles. The molecule has 3 heteroatoms. The quantitative estimate of drug-likeness (QED) is 0.621. The lowest BCUT2D eigenvalue weighted by molar-refractivity contribution is 0.969. The molecule has 0 aliphatic carbocycles. The van der Waals surface area contributed by atoms with E-state index >= 15 is 0 Å². The lowest BCUT2D eigenvalue weighted by Gasteiger charge is -1.99. The predicted molar refractivity (Wildman–Crippen MR) is 52.3 cm³/mol. The highest BCUT2D eigenvalue weighted by Gasteiger charge is 2.01. The van der Waals surface area contributed by atoms with Crippen molar-refractivity contribution in [2.45, 2.75) is 0 Å². The molecule has 2 nitrogen and oxygen atoms in total. The van der Waals surface area contributed by atoms with Crippen LogP contribution < -0.4 is 5.73 Å². The molecule has 62 valence electrons. The molecule has 1 aromatic heterocycles. The smallest absolute Gasteiger partial charge is 0.0656 e. The van der Waals surface area contributed by atoms with Gasteiger partial charge in [-0.1, -0.05) is 11.6 Å². The Morgan fingerprint density at radius 2 is 2.17 bits per heavy atom. The summed E-state index contributed by atoms with van der Waals surface area (Å²) in [5, 5.41) is 1.74. The SMILES string of the molecule is Cn1ccc2cc(N)c(Cl)cc21. The number of benzene rings is 1. The Kier molecular flexibility index (Phi) is 1.51. The van der Waals surface area contributed by atoms with E-state index in [-0.39, 0.29) is 0 Å². The fraction of sp³-hybridized carbons (Fsp3) is 0.111. The zero-order valence-electron chi connectivity index (χ0n) is 6.71. The Balaban J connectivity index is 2.87. The number of anilines is 1. The van der Waals surface area contributed by atoms with E-state index in [1.54, 1.807) is 0 Å². The van der Waals surface area contributed by atoms with E-state index in [0.29, 0.717) is 10.7 Å². The second-order valence-electron chi connectivity index (χ2n) is 2.86. The van der Waals surface area contributed by atoms with E-state index in [4.69, 9.17) is 17.3 Å². The highest BCUT2D eigenvalue weighted by atomic mass is 35.5. The predicted octanol–water partition coefficient (Wildman–Crippen LogP) is 2.41. The average Bonchev–Trinajstić information content (AvgIpc) is 2.35. The number of nitrogens with zero attached hydrogens (tertiary/aromatic N) is 1. The molecule has 1 aromatic carbocycles. The van der Waals surface area contributed by atoms with Crippen molar-refractivity contribution in [2.24, 2.45) is 7.05 Å². The van der Waals surface area contributed by atoms with E-state index in [1.807, 2.05) is 36.0 Å². The van der Waals surface area contributed by atoms with Gasteiger partial charge in [-0.15, -0.1) is 0 Å². The van der Waals surface area contributed by atoms with Crippen molar-refractivity contribution in [2.75, 3.05) is 5.73 Å². The zero-order chi connectivity index (χ0) is 8.72. The van der Waals surface area contributed by atoms with E-state index in [2.05, 4.69) is 0 Å². The molecule has 0 fully saturated rings. The van der Waals surface area contributed by atoms with Crippen LogP contribution in [0.5, 0.6) is 0 Å². The van der Waals surface area contributed by atoms with Gasteiger partial charge in [0.05, 0.1) is 10.7 Å². The largest absolute Gasteiger partial charge is 0.398 e. The fourth-order valence-electron chi connectivity index (χ4n) is 1.31. The fourth-order valence-corrected chi connectivity index (χ4v) is 1.47. The van der Waals surface area contributed by atoms with Crippen LogP contribution in [0, 0.1) is 0 Å². The zero-order valence-corrected chi connectivity index (χ0v) is 7.47. The van der Waals surface area contributed by atoms with Gasteiger partial charge in [0.25, 0.3) is 0 Å². The molecule has 0 saturated carbocycles. The highest BCUT2D eigenvalue weighted by Crippen LogP contribution is 2.25. The van der Waals surface area contributed by atoms with Gasteiger partial charge in [-0.05, 0) is 18.2 Å². The first kappa shape index (κ1) is 7.50. The topological polar surface area (TPSA) is 30.9 Å². The second kappa shape index (κ2) is 2.42. The van der Waals surface area contributed by atoms with Crippen molar-refractivity contribution < 1.29 is 0 Å². The standard InChI is InChI=1S/C9H9ClN2/c1-12-3-2-6-4-8(11)7(10)5-9(6)12/h2-5H,11H2,1H3. The first-order chi connectivity index (χ1) is 5.68. The number of nitrogens with two attached hydrogens (primary N) is 1. The minimum absolute atomic E-state index is 0.615. The van der Waals surface area contributed by atoms with Crippen LogP contribution in [0.4, 0.5) is 5.69 Å². The third-order valence-corrected chi connectivity index (χ3v) is 2.33. The minimum Gasteiger partial charge on any atom is -0.398 e. The highest BCUT2D eigenvalue weighted by molar-refractivity contribution is 6.33. The van der Waals surface area contributed by atoms with Crippen molar-refractivity contribution in [3.8, 4) is 0 Å². The van der Waals surface area contributed by atoms with Gasteiger partial charge in [0.15, 0.2) is 0 Å². The average molecular weight is 181 g/mol. The van der Waals surface area contributed by atoms with E-state index in [1.165, 1.54) is 0 Å². The Hall–Kier alpha value is -1.15. The monoisotopic (exact) mass is 180 g/mol. The van der Waals surface area contributed by atoms with Gasteiger partial charge in [0.1, 0.15) is 0 Å². The van der Waals surface area contributed by atoms with Crippen molar-refractivity contribution in [1.29, 1.82) is 0 Å². The first-order valence-corrected chi connectivity index (χ1v) is 4.06. The summed E-state index contributed by atoms with van der Waals surface area (Å²) in [7, 11) is 1.98. The third kappa shape index (κ3) is 0.959. The van der Waals surface area contributed by atoms with Crippen molar-refractivity contribution >= 4 is 28.2 Å². The van der Waals surface area contributed by atoms with Crippen LogP contribution >= 0.6 is 11.6 Å². The lowest BCUT2D eigenvalue weighted by atomic mass is 10.2. The van der Waals surface area contributed by atoms with Gasteiger partial charge >= 0.3 is 0 Å². The van der Waals surface area contributed by atoms with Crippen molar-refractivity contribution in [3.63, 3.8) is 0 Å².